The van der Waals surface area contributed by atoms with Crippen molar-refractivity contribution in [1.29, 1.82) is 0 Å². The van der Waals surface area contributed by atoms with Gasteiger partial charge in [-0.2, -0.15) is 0 Å². The van der Waals surface area contributed by atoms with Crippen LogP contribution in [-0.4, -0.2) is 30.0 Å². The van der Waals surface area contributed by atoms with E-state index >= 15 is 4.39 Å². The maximum atomic E-state index is 15.0. The van der Waals surface area contributed by atoms with Crippen molar-refractivity contribution in [2.45, 2.75) is 26.8 Å². The van der Waals surface area contributed by atoms with Crippen molar-refractivity contribution in [2.24, 2.45) is 0 Å². The number of aliphatic hydroxyl groups excluding tert-OH is 1. The highest BCUT2D eigenvalue weighted by molar-refractivity contribution is 6.51. The summed E-state index contributed by atoms with van der Waals surface area (Å²) in [5.41, 5.74) is 1.47. The van der Waals surface area contributed by atoms with Crippen LogP contribution >= 0.6 is 0 Å². The number of amides is 1. The van der Waals surface area contributed by atoms with Gasteiger partial charge in [-0.15, -0.1) is 0 Å². The molecule has 0 aliphatic carbocycles. The highest BCUT2D eigenvalue weighted by Crippen LogP contribution is 2.44. The lowest BCUT2D eigenvalue weighted by Crippen LogP contribution is -2.29. The Morgan fingerprint density at radius 3 is 2.31 bits per heavy atom. The van der Waals surface area contributed by atoms with Crippen molar-refractivity contribution in [3.8, 4) is 11.5 Å². The van der Waals surface area contributed by atoms with Crippen LogP contribution < -0.4 is 14.4 Å². The lowest BCUT2D eigenvalue weighted by atomic mass is 9.94. The van der Waals surface area contributed by atoms with Gasteiger partial charge in [0.05, 0.1) is 30.4 Å². The second-order valence-electron chi connectivity index (χ2n) is 8.05. The molecule has 1 N–H and O–H groups in total. The van der Waals surface area contributed by atoms with Crippen LogP contribution in [0.3, 0.4) is 0 Å². The minimum Gasteiger partial charge on any atom is -0.507 e. The van der Waals surface area contributed by atoms with Crippen molar-refractivity contribution < 1.29 is 28.6 Å². The van der Waals surface area contributed by atoms with E-state index in [9.17, 15) is 14.7 Å². The summed E-state index contributed by atoms with van der Waals surface area (Å²) < 4.78 is 26.3. The number of Topliss-reactive ketones (excluding diaryl/α,β-unsaturated/α-hetero) is 1. The third kappa shape index (κ3) is 4.49. The fourth-order valence-electron chi connectivity index (χ4n) is 4.17. The molecule has 4 rings (SSSR count). The van der Waals surface area contributed by atoms with E-state index < -0.39 is 29.3 Å². The quantitative estimate of drug-likeness (QED) is 0.275. The number of ether oxygens (including phenoxy) is 2. The minimum absolute atomic E-state index is 0.0951. The molecule has 3 aromatic rings. The van der Waals surface area contributed by atoms with E-state index in [1.54, 1.807) is 55.5 Å². The van der Waals surface area contributed by atoms with Gasteiger partial charge >= 0.3 is 0 Å². The SMILES string of the molecule is CCOc1ccc(/C(O)=C2\C(=O)C(=O)N(c3ccc(C)cc3)C2c2ccccc2F)c(OCC)c1. The van der Waals surface area contributed by atoms with E-state index in [0.717, 1.165) is 5.56 Å². The van der Waals surface area contributed by atoms with Crippen molar-refractivity contribution in [3.05, 3.63) is 94.8 Å². The van der Waals surface area contributed by atoms with Crippen LogP contribution in [0.15, 0.2) is 72.3 Å². The number of carbonyl (C=O) groups is 2. The average Bonchev–Trinajstić information content (AvgIpc) is 3.10. The van der Waals surface area contributed by atoms with Crippen LogP contribution in [0.2, 0.25) is 0 Å². The number of hydrogen-bond donors (Lipinski definition) is 1. The topological polar surface area (TPSA) is 76.1 Å². The molecule has 0 bridgehead atoms. The number of nitrogens with zero attached hydrogens (tertiary/aromatic N) is 1. The second-order valence-corrected chi connectivity index (χ2v) is 8.05. The molecule has 7 heteroatoms. The van der Waals surface area contributed by atoms with E-state index in [-0.39, 0.29) is 22.4 Å². The van der Waals surface area contributed by atoms with Crippen LogP contribution in [0.1, 0.15) is 36.6 Å². The normalized spacial score (nSPS) is 17.0. The third-order valence-corrected chi connectivity index (χ3v) is 5.78. The Morgan fingerprint density at radius 2 is 1.66 bits per heavy atom. The number of hydrogen-bond acceptors (Lipinski definition) is 5. The maximum absolute atomic E-state index is 15.0. The van der Waals surface area contributed by atoms with Gasteiger partial charge in [-0.05, 0) is 51.1 Å². The van der Waals surface area contributed by atoms with Crippen LogP contribution in [0, 0.1) is 12.7 Å². The van der Waals surface area contributed by atoms with Crippen molar-refractivity contribution >= 4 is 23.1 Å². The molecule has 1 aliphatic rings. The highest BCUT2D eigenvalue weighted by atomic mass is 19.1. The molecular weight excluding hydrogens is 449 g/mol. The molecule has 3 aromatic carbocycles. The van der Waals surface area contributed by atoms with Crippen molar-refractivity contribution in [3.63, 3.8) is 0 Å². The van der Waals surface area contributed by atoms with Crippen LogP contribution in [0.4, 0.5) is 10.1 Å². The largest absolute Gasteiger partial charge is 0.507 e. The van der Waals surface area contributed by atoms with Gasteiger partial charge in [0.1, 0.15) is 23.1 Å². The fourth-order valence-corrected chi connectivity index (χ4v) is 4.17. The molecule has 180 valence electrons. The smallest absolute Gasteiger partial charge is 0.300 e. The third-order valence-electron chi connectivity index (χ3n) is 5.78. The van der Waals surface area contributed by atoms with Crippen LogP contribution in [-0.2, 0) is 9.59 Å². The molecule has 0 saturated carbocycles. The van der Waals surface area contributed by atoms with Gasteiger partial charge in [0, 0.05) is 17.3 Å². The number of halogens is 1. The number of anilines is 1. The first-order valence-electron chi connectivity index (χ1n) is 11.4. The predicted octanol–water partition coefficient (Wildman–Crippen LogP) is 5.56. The van der Waals surface area contributed by atoms with Gasteiger partial charge in [0.2, 0.25) is 0 Å². The Balaban J connectivity index is 1.95. The van der Waals surface area contributed by atoms with E-state index in [1.807, 2.05) is 13.8 Å². The molecule has 1 saturated heterocycles. The average molecular weight is 476 g/mol. The lowest BCUT2D eigenvalue weighted by molar-refractivity contribution is -0.132. The zero-order valence-electron chi connectivity index (χ0n) is 19.7. The number of carbonyl (C=O) groups excluding carboxylic acids is 2. The Hall–Kier alpha value is -4.13. The van der Waals surface area contributed by atoms with Crippen molar-refractivity contribution in [2.75, 3.05) is 18.1 Å². The Labute approximate surface area is 203 Å². The second kappa shape index (κ2) is 10.0. The van der Waals surface area contributed by atoms with E-state index in [0.29, 0.717) is 24.7 Å². The van der Waals surface area contributed by atoms with E-state index in [2.05, 4.69) is 0 Å². The molecular formula is C28H26FNO5. The van der Waals surface area contributed by atoms with Crippen LogP contribution in [0.5, 0.6) is 11.5 Å². The molecule has 1 fully saturated rings. The summed E-state index contributed by atoms with van der Waals surface area (Å²) >= 11 is 0. The van der Waals surface area contributed by atoms with Gasteiger partial charge in [0.25, 0.3) is 11.7 Å². The number of rotatable bonds is 7. The van der Waals surface area contributed by atoms with Crippen LogP contribution in [0.25, 0.3) is 5.76 Å². The molecule has 1 unspecified atom stereocenters. The van der Waals surface area contributed by atoms with Gasteiger partial charge in [-0.25, -0.2) is 4.39 Å². The summed E-state index contributed by atoms with van der Waals surface area (Å²) in [5, 5.41) is 11.4. The zero-order valence-corrected chi connectivity index (χ0v) is 19.7. The minimum atomic E-state index is -1.17. The van der Waals surface area contributed by atoms with Gasteiger partial charge < -0.3 is 14.6 Å². The molecule has 1 atom stereocenters. The Kier molecular flexibility index (Phi) is 6.87. The van der Waals surface area contributed by atoms with Gasteiger partial charge in [-0.1, -0.05) is 35.9 Å². The number of ketones is 1. The maximum Gasteiger partial charge on any atom is 0.300 e. The van der Waals surface area contributed by atoms with Gasteiger partial charge in [-0.3, -0.25) is 14.5 Å². The summed E-state index contributed by atoms with van der Waals surface area (Å²) in [7, 11) is 0. The summed E-state index contributed by atoms with van der Waals surface area (Å²) in [6.45, 7) is 6.26. The molecule has 6 nitrogen and oxygen atoms in total. The van der Waals surface area contributed by atoms with Gasteiger partial charge in [0.15, 0.2) is 0 Å². The first-order valence-corrected chi connectivity index (χ1v) is 11.4. The predicted molar refractivity (Wildman–Crippen MR) is 131 cm³/mol. The Morgan fingerprint density at radius 1 is 0.971 bits per heavy atom. The first-order chi connectivity index (χ1) is 16.9. The molecule has 0 spiro atoms. The molecule has 0 aromatic heterocycles. The molecule has 1 aliphatic heterocycles. The summed E-state index contributed by atoms with van der Waals surface area (Å²) in [6, 6.07) is 16.5. The number of benzene rings is 3. The van der Waals surface area contributed by atoms with E-state index in [4.69, 9.17) is 9.47 Å². The monoisotopic (exact) mass is 475 g/mol. The number of aryl methyl sites for hydroxylation is 1. The molecule has 1 amide bonds. The lowest BCUT2D eigenvalue weighted by Gasteiger charge is -2.26. The Bertz CT molecular complexity index is 1300. The summed E-state index contributed by atoms with van der Waals surface area (Å²) in [5.74, 6) is -2.00. The molecule has 35 heavy (non-hydrogen) atoms. The highest BCUT2D eigenvalue weighted by Gasteiger charge is 2.48. The fraction of sp³-hybridized carbons (Fsp3) is 0.214. The molecule has 0 radical (unpaired) electrons. The zero-order chi connectivity index (χ0) is 25.1. The van der Waals surface area contributed by atoms with E-state index in [1.165, 1.54) is 23.1 Å². The summed E-state index contributed by atoms with van der Waals surface area (Å²) in [4.78, 5) is 27.8. The molecule has 1 heterocycles. The summed E-state index contributed by atoms with van der Waals surface area (Å²) in [6.07, 6.45) is 0. The first kappa shape index (κ1) is 24.0. The standard InChI is InChI=1S/C28H26FNO5/c1-4-34-19-14-15-21(23(16-19)35-5-2)26(31)24-25(20-8-6-7-9-22(20)29)30(28(33)27(24)32)18-12-10-17(3)11-13-18/h6-16,25,31H,4-5H2,1-3H3/b26-24+. The number of aliphatic hydroxyl groups is 1. The van der Waals surface area contributed by atoms with Crippen molar-refractivity contribution in [1.82, 2.24) is 0 Å².